The van der Waals surface area contributed by atoms with Gasteiger partial charge in [-0.1, -0.05) is 72.8 Å². The molecule has 1 aliphatic carbocycles. The van der Waals surface area contributed by atoms with E-state index in [0.29, 0.717) is 22.5 Å². The van der Waals surface area contributed by atoms with Gasteiger partial charge >= 0.3 is 6.18 Å². The van der Waals surface area contributed by atoms with Crippen molar-refractivity contribution in [2.45, 2.75) is 6.18 Å². The highest BCUT2D eigenvalue weighted by molar-refractivity contribution is 6.27. The van der Waals surface area contributed by atoms with Crippen molar-refractivity contribution in [2.75, 3.05) is 0 Å². The van der Waals surface area contributed by atoms with Crippen LogP contribution in [0.25, 0.3) is 23.4 Å². The molecule has 34 heavy (non-hydrogen) atoms. The summed E-state index contributed by atoms with van der Waals surface area (Å²) >= 11 is 0. The van der Waals surface area contributed by atoms with Gasteiger partial charge in [0.15, 0.2) is 0 Å². The minimum atomic E-state index is -4.42. The molecule has 0 radical (unpaired) electrons. The van der Waals surface area contributed by atoms with Crippen LogP contribution in [-0.4, -0.2) is 21.5 Å². The number of benzene rings is 3. The average molecular weight is 456 g/mol. The largest absolute Gasteiger partial charge is 0.416 e. The van der Waals surface area contributed by atoms with Crippen LogP contribution in [-0.2, 0) is 6.18 Å². The van der Waals surface area contributed by atoms with Crippen molar-refractivity contribution in [3.63, 3.8) is 0 Å². The molecule has 4 aromatic rings. The molecule has 0 saturated heterocycles. The number of alkyl halides is 3. The summed E-state index contributed by atoms with van der Waals surface area (Å²) in [6.07, 6.45) is -1.25. The highest BCUT2D eigenvalue weighted by Crippen LogP contribution is 2.31. The fourth-order valence-corrected chi connectivity index (χ4v) is 3.78. The lowest BCUT2D eigenvalue weighted by molar-refractivity contribution is -0.137. The smallest absolute Gasteiger partial charge is 0.287 e. The Labute approximate surface area is 192 Å². The summed E-state index contributed by atoms with van der Waals surface area (Å²) in [6.45, 7) is 0. The summed E-state index contributed by atoms with van der Waals surface area (Å²) < 4.78 is 38.5. The van der Waals surface area contributed by atoms with Crippen LogP contribution in [0, 0.1) is 0 Å². The van der Waals surface area contributed by atoms with Crippen LogP contribution in [0.1, 0.15) is 48.9 Å². The summed E-state index contributed by atoms with van der Waals surface area (Å²) in [6, 6.07) is 20.2. The van der Waals surface area contributed by atoms with Gasteiger partial charge in [0.1, 0.15) is 11.4 Å². The zero-order valence-corrected chi connectivity index (χ0v) is 17.5. The first kappa shape index (κ1) is 21.5. The monoisotopic (exact) mass is 456 g/mol. The SMILES string of the molecule is O=C1c2ccccc2C(=O)c2nc(-c3ccccc3)c(/C=C/c3ccc(C(F)(F)F)cc3)nc21. The van der Waals surface area contributed by atoms with E-state index in [2.05, 4.69) is 9.97 Å². The van der Waals surface area contributed by atoms with Gasteiger partial charge in [-0.15, -0.1) is 0 Å². The molecule has 0 bridgehead atoms. The van der Waals surface area contributed by atoms with Crippen LogP contribution in [0.15, 0.2) is 78.9 Å². The van der Waals surface area contributed by atoms with Gasteiger partial charge < -0.3 is 0 Å². The van der Waals surface area contributed by atoms with E-state index in [9.17, 15) is 22.8 Å². The normalized spacial score (nSPS) is 13.1. The van der Waals surface area contributed by atoms with Crippen molar-refractivity contribution in [1.82, 2.24) is 9.97 Å². The van der Waals surface area contributed by atoms with E-state index in [-0.39, 0.29) is 28.3 Å². The third-order valence-corrected chi connectivity index (χ3v) is 5.49. The van der Waals surface area contributed by atoms with E-state index in [1.165, 1.54) is 12.1 Å². The number of aromatic nitrogens is 2. The van der Waals surface area contributed by atoms with E-state index in [4.69, 9.17) is 0 Å². The van der Waals surface area contributed by atoms with Crippen molar-refractivity contribution in [2.24, 2.45) is 0 Å². The molecule has 4 nitrogen and oxygen atoms in total. The second kappa shape index (κ2) is 8.19. The van der Waals surface area contributed by atoms with Crippen molar-refractivity contribution in [3.8, 4) is 11.3 Å². The predicted octanol–water partition coefficient (Wildman–Crippen LogP) is 6.11. The number of ketones is 2. The first-order valence-electron chi connectivity index (χ1n) is 10.3. The van der Waals surface area contributed by atoms with Gasteiger partial charge in [0, 0.05) is 16.7 Å². The molecular formula is C27H15F3N2O2. The Bertz CT molecular complexity index is 1460. The lowest BCUT2D eigenvalue weighted by atomic mass is 9.89. The standard InChI is InChI=1S/C27H15F3N2O2/c28-27(29,30)18-13-10-16(11-14-18)12-15-21-22(17-6-2-1-3-7-17)32-24-23(31-21)25(33)19-8-4-5-9-20(19)26(24)34/h1-15H/b15-12+. The Morgan fingerprint density at radius 3 is 1.76 bits per heavy atom. The maximum Gasteiger partial charge on any atom is 0.416 e. The van der Waals surface area contributed by atoms with Gasteiger partial charge in [-0.25, -0.2) is 9.97 Å². The Balaban J connectivity index is 1.62. The fraction of sp³-hybridized carbons (Fsp3) is 0.0370. The van der Waals surface area contributed by atoms with Crippen molar-refractivity contribution >= 4 is 23.7 Å². The highest BCUT2D eigenvalue weighted by Gasteiger charge is 2.33. The molecule has 0 N–H and O–H groups in total. The number of fused-ring (bicyclic) bond motifs is 2. The Morgan fingerprint density at radius 1 is 0.618 bits per heavy atom. The molecule has 5 rings (SSSR count). The molecule has 0 spiro atoms. The quantitative estimate of drug-likeness (QED) is 0.329. The van der Waals surface area contributed by atoms with Crippen LogP contribution in [0.5, 0.6) is 0 Å². The van der Waals surface area contributed by atoms with Gasteiger partial charge in [0.2, 0.25) is 11.6 Å². The molecule has 1 heterocycles. The van der Waals surface area contributed by atoms with E-state index in [0.717, 1.165) is 12.1 Å². The molecule has 3 aromatic carbocycles. The minimum absolute atomic E-state index is 0.0192. The first-order chi connectivity index (χ1) is 16.3. The summed E-state index contributed by atoms with van der Waals surface area (Å²) in [5.41, 5.74) is 1.65. The molecule has 1 aliphatic rings. The number of hydrogen-bond donors (Lipinski definition) is 0. The molecule has 166 valence electrons. The van der Waals surface area contributed by atoms with Gasteiger partial charge in [-0.05, 0) is 23.8 Å². The molecule has 0 fully saturated rings. The van der Waals surface area contributed by atoms with E-state index >= 15 is 0 Å². The second-order valence-corrected chi connectivity index (χ2v) is 7.68. The molecule has 1 aromatic heterocycles. The van der Waals surface area contributed by atoms with Crippen LogP contribution < -0.4 is 0 Å². The third-order valence-electron chi connectivity index (χ3n) is 5.49. The topological polar surface area (TPSA) is 59.9 Å². The van der Waals surface area contributed by atoms with E-state index < -0.39 is 17.5 Å². The maximum absolute atomic E-state index is 13.1. The predicted molar refractivity (Wildman–Crippen MR) is 121 cm³/mol. The van der Waals surface area contributed by atoms with Gasteiger partial charge in [0.05, 0.1) is 17.0 Å². The van der Waals surface area contributed by atoms with Gasteiger partial charge in [-0.2, -0.15) is 13.2 Å². The van der Waals surface area contributed by atoms with Crippen LogP contribution in [0.4, 0.5) is 13.2 Å². The fourth-order valence-electron chi connectivity index (χ4n) is 3.78. The average Bonchev–Trinajstić information content (AvgIpc) is 2.86. The molecule has 0 aliphatic heterocycles. The lowest BCUT2D eigenvalue weighted by Gasteiger charge is -2.18. The Kier molecular flexibility index (Phi) is 5.17. The maximum atomic E-state index is 13.1. The number of nitrogens with zero attached hydrogens (tertiary/aromatic N) is 2. The van der Waals surface area contributed by atoms with Crippen LogP contribution >= 0.6 is 0 Å². The van der Waals surface area contributed by atoms with Crippen LogP contribution in [0.3, 0.4) is 0 Å². The third kappa shape index (κ3) is 3.81. The summed E-state index contributed by atoms with van der Waals surface area (Å²) in [5, 5.41) is 0. The zero-order valence-electron chi connectivity index (χ0n) is 17.5. The molecule has 0 atom stereocenters. The van der Waals surface area contributed by atoms with Gasteiger partial charge in [0.25, 0.3) is 0 Å². The van der Waals surface area contributed by atoms with Crippen molar-refractivity contribution in [1.29, 1.82) is 0 Å². The molecule has 0 unspecified atom stereocenters. The first-order valence-corrected chi connectivity index (χ1v) is 10.3. The zero-order chi connectivity index (χ0) is 23.9. The molecule has 0 saturated carbocycles. The minimum Gasteiger partial charge on any atom is -0.287 e. The van der Waals surface area contributed by atoms with Crippen molar-refractivity contribution in [3.05, 3.63) is 118 Å². The summed E-state index contributed by atoms with van der Waals surface area (Å²) in [7, 11) is 0. The lowest BCUT2D eigenvalue weighted by Crippen LogP contribution is -2.24. The number of halogens is 3. The van der Waals surface area contributed by atoms with Crippen LogP contribution in [0.2, 0.25) is 0 Å². The highest BCUT2D eigenvalue weighted by atomic mass is 19.4. The second-order valence-electron chi connectivity index (χ2n) is 7.68. The number of rotatable bonds is 3. The summed E-state index contributed by atoms with van der Waals surface area (Å²) in [5.74, 6) is -0.783. The Morgan fingerprint density at radius 2 is 1.18 bits per heavy atom. The van der Waals surface area contributed by atoms with E-state index in [1.54, 1.807) is 48.6 Å². The van der Waals surface area contributed by atoms with Gasteiger partial charge in [-0.3, -0.25) is 9.59 Å². The Hall–Kier alpha value is -4.39. The molecule has 7 heteroatoms. The van der Waals surface area contributed by atoms with Crippen molar-refractivity contribution < 1.29 is 22.8 Å². The molecular weight excluding hydrogens is 441 g/mol. The molecule has 0 amide bonds. The van der Waals surface area contributed by atoms with E-state index in [1.807, 2.05) is 18.2 Å². The number of carbonyl (C=O) groups excluding carboxylic acids is 2. The number of hydrogen-bond acceptors (Lipinski definition) is 4. The summed E-state index contributed by atoms with van der Waals surface area (Å²) in [4.78, 5) is 35.2. The number of carbonyl (C=O) groups is 2.